The largest absolute Gasteiger partial charge is 0.316 e. The molecule has 1 aliphatic rings. The third-order valence-electron chi connectivity index (χ3n) is 2.25. The van der Waals surface area contributed by atoms with E-state index in [1.54, 1.807) is 0 Å². The number of hydrogen-bond acceptors (Lipinski definition) is 3. The van der Waals surface area contributed by atoms with Crippen LogP contribution in [0.1, 0.15) is 26.2 Å². The lowest BCUT2D eigenvalue weighted by molar-refractivity contribution is 0.383. The van der Waals surface area contributed by atoms with Gasteiger partial charge >= 0.3 is 0 Å². The van der Waals surface area contributed by atoms with E-state index in [2.05, 4.69) is 10.0 Å². The predicted molar refractivity (Wildman–Crippen MR) is 53.1 cm³/mol. The van der Waals surface area contributed by atoms with Crippen molar-refractivity contribution in [2.24, 2.45) is 0 Å². The quantitative estimate of drug-likeness (QED) is 0.605. The zero-order chi connectivity index (χ0) is 9.73. The van der Waals surface area contributed by atoms with Crippen LogP contribution in [-0.4, -0.2) is 33.3 Å². The Balaban J connectivity index is 2.20. The summed E-state index contributed by atoms with van der Waals surface area (Å²) in [6.07, 6.45) is 3.15. The van der Waals surface area contributed by atoms with Crippen LogP contribution < -0.4 is 10.0 Å². The van der Waals surface area contributed by atoms with Crippen LogP contribution in [0.15, 0.2) is 0 Å². The highest BCUT2D eigenvalue weighted by molar-refractivity contribution is 7.89. The van der Waals surface area contributed by atoms with Gasteiger partial charge in [-0.3, -0.25) is 0 Å². The van der Waals surface area contributed by atoms with Crippen molar-refractivity contribution < 1.29 is 8.42 Å². The summed E-state index contributed by atoms with van der Waals surface area (Å²) in [6.45, 7) is 3.32. The van der Waals surface area contributed by atoms with Gasteiger partial charge in [0, 0.05) is 12.6 Å². The molecule has 0 aromatic heterocycles. The van der Waals surface area contributed by atoms with Gasteiger partial charge in [0.2, 0.25) is 10.0 Å². The Bertz CT molecular complexity index is 235. The summed E-state index contributed by atoms with van der Waals surface area (Å²) in [6, 6.07) is 0.214. The molecule has 0 radical (unpaired) electrons. The lowest BCUT2D eigenvalue weighted by atomic mass is 9.94. The van der Waals surface area contributed by atoms with E-state index in [-0.39, 0.29) is 11.8 Å². The number of hydrogen-bond donors (Lipinski definition) is 2. The Labute approximate surface area is 80.1 Å². The van der Waals surface area contributed by atoms with E-state index in [1.165, 1.54) is 0 Å². The summed E-state index contributed by atoms with van der Waals surface area (Å²) in [5.41, 5.74) is 0. The average molecular weight is 206 g/mol. The van der Waals surface area contributed by atoms with Crippen LogP contribution >= 0.6 is 0 Å². The highest BCUT2D eigenvalue weighted by Crippen LogP contribution is 2.18. The number of nitrogens with one attached hydrogen (secondary N) is 2. The van der Waals surface area contributed by atoms with E-state index in [4.69, 9.17) is 0 Å². The van der Waals surface area contributed by atoms with Crippen LogP contribution in [-0.2, 0) is 10.0 Å². The molecule has 2 N–H and O–H groups in total. The van der Waals surface area contributed by atoms with Gasteiger partial charge in [-0.1, -0.05) is 13.3 Å². The maximum absolute atomic E-state index is 11.4. The van der Waals surface area contributed by atoms with Crippen molar-refractivity contribution in [2.75, 3.05) is 18.8 Å². The second kappa shape index (κ2) is 4.93. The molecular formula is C8H18N2O2S. The molecule has 0 unspecified atom stereocenters. The Kier molecular flexibility index (Phi) is 4.15. The topological polar surface area (TPSA) is 58.2 Å². The van der Waals surface area contributed by atoms with Gasteiger partial charge in [-0.05, 0) is 19.4 Å². The highest BCUT2D eigenvalue weighted by Gasteiger charge is 2.22. The molecule has 0 heterocycles. The minimum Gasteiger partial charge on any atom is -0.316 e. The first-order valence-electron chi connectivity index (χ1n) is 4.85. The van der Waals surface area contributed by atoms with Crippen LogP contribution in [0.25, 0.3) is 0 Å². The standard InChI is InChI=1S/C8H18N2O2S/c1-2-9-6-7-13(11,12)10-8-4-3-5-8/h8-10H,2-7H2,1H3. The Morgan fingerprint density at radius 3 is 2.54 bits per heavy atom. The highest BCUT2D eigenvalue weighted by atomic mass is 32.2. The SMILES string of the molecule is CCNCCS(=O)(=O)NC1CCC1. The molecule has 0 saturated heterocycles. The lowest BCUT2D eigenvalue weighted by Crippen LogP contribution is -2.42. The fraction of sp³-hybridized carbons (Fsp3) is 1.00. The van der Waals surface area contributed by atoms with E-state index in [1.807, 2.05) is 6.92 Å². The summed E-state index contributed by atoms with van der Waals surface area (Å²) in [4.78, 5) is 0. The minimum atomic E-state index is -3.03. The zero-order valence-electron chi connectivity index (χ0n) is 8.04. The number of sulfonamides is 1. The van der Waals surface area contributed by atoms with Crippen molar-refractivity contribution in [2.45, 2.75) is 32.2 Å². The molecule has 0 atom stereocenters. The van der Waals surface area contributed by atoms with Crippen LogP contribution in [0.5, 0.6) is 0 Å². The van der Waals surface area contributed by atoms with E-state index < -0.39 is 10.0 Å². The molecule has 5 heteroatoms. The van der Waals surface area contributed by atoms with Crippen LogP contribution in [0.4, 0.5) is 0 Å². The molecule has 0 spiro atoms. The summed E-state index contributed by atoms with van der Waals surface area (Å²) < 4.78 is 25.4. The molecular weight excluding hydrogens is 188 g/mol. The van der Waals surface area contributed by atoms with Crippen LogP contribution in [0.2, 0.25) is 0 Å². The van der Waals surface area contributed by atoms with E-state index in [9.17, 15) is 8.42 Å². The second-order valence-corrected chi connectivity index (χ2v) is 5.29. The fourth-order valence-electron chi connectivity index (χ4n) is 1.22. The molecule has 0 aromatic rings. The first-order chi connectivity index (χ1) is 6.14. The maximum Gasteiger partial charge on any atom is 0.213 e. The minimum absolute atomic E-state index is 0.192. The van der Waals surface area contributed by atoms with Crippen molar-refractivity contribution in [3.63, 3.8) is 0 Å². The maximum atomic E-state index is 11.4. The fourth-order valence-corrected chi connectivity index (χ4v) is 2.50. The monoisotopic (exact) mass is 206 g/mol. The van der Waals surface area contributed by atoms with Crippen LogP contribution in [0, 0.1) is 0 Å². The van der Waals surface area contributed by atoms with Crippen molar-refractivity contribution >= 4 is 10.0 Å². The molecule has 1 saturated carbocycles. The molecule has 78 valence electrons. The summed E-state index contributed by atoms with van der Waals surface area (Å²) in [5.74, 6) is 0.192. The van der Waals surface area contributed by atoms with Gasteiger partial charge in [0.25, 0.3) is 0 Å². The number of rotatable bonds is 6. The zero-order valence-corrected chi connectivity index (χ0v) is 8.86. The van der Waals surface area contributed by atoms with Gasteiger partial charge in [-0.2, -0.15) is 0 Å². The molecule has 1 rings (SSSR count). The van der Waals surface area contributed by atoms with Crippen molar-refractivity contribution in [1.82, 2.24) is 10.0 Å². The van der Waals surface area contributed by atoms with E-state index in [0.717, 1.165) is 25.8 Å². The average Bonchev–Trinajstić information content (AvgIpc) is 1.98. The second-order valence-electron chi connectivity index (χ2n) is 3.42. The Hall–Kier alpha value is -0.130. The van der Waals surface area contributed by atoms with Gasteiger partial charge in [0.1, 0.15) is 0 Å². The third-order valence-corrected chi connectivity index (χ3v) is 3.68. The summed E-state index contributed by atoms with van der Waals surface area (Å²) in [7, 11) is -3.03. The Morgan fingerprint density at radius 1 is 1.38 bits per heavy atom. The van der Waals surface area contributed by atoms with Crippen LogP contribution in [0.3, 0.4) is 0 Å². The molecule has 1 fully saturated rings. The van der Waals surface area contributed by atoms with Gasteiger partial charge in [-0.25, -0.2) is 13.1 Å². The molecule has 0 aromatic carbocycles. The van der Waals surface area contributed by atoms with Crippen molar-refractivity contribution in [1.29, 1.82) is 0 Å². The molecule has 4 nitrogen and oxygen atoms in total. The lowest BCUT2D eigenvalue weighted by Gasteiger charge is -2.26. The summed E-state index contributed by atoms with van der Waals surface area (Å²) >= 11 is 0. The molecule has 13 heavy (non-hydrogen) atoms. The first kappa shape index (κ1) is 10.9. The molecule has 0 aliphatic heterocycles. The van der Waals surface area contributed by atoms with Gasteiger partial charge in [0.15, 0.2) is 0 Å². The molecule has 0 amide bonds. The Morgan fingerprint density at radius 2 is 2.08 bits per heavy atom. The van der Waals surface area contributed by atoms with Crippen molar-refractivity contribution in [3.05, 3.63) is 0 Å². The van der Waals surface area contributed by atoms with Gasteiger partial charge in [-0.15, -0.1) is 0 Å². The van der Waals surface area contributed by atoms with E-state index >= 15 is 0 Å². The molecule has 0 bridgehead atoms. The first-order valence-corrected chi connectivity index (χ1v) is 6.50. The predicted octanol–water partition coefficient (Wildman–Crippen LogP) is 0.0678. The van der Waals surface area contributed by atoms with Crippen molar-refractivity contribution in [3.8, 4) is 0 Å². The van der Waals surface area contributed by atoms with Gasteiger partial charge in [0.05, 0.1) is 5.75 Å². The molecule has 1 aliphatic carbocycles. The summed E-state index contributed by atoms with van der Waals surface area (Å²) in [5, 5.41) is 2.99. The third kappa shape index (κ3) is 4.06. The van der Waals surface area contributed by atoms with Gasteiger partial charge < -0.3 is 5.32 Å². The normalized spacial score (nSPS) is 18.5. The smallest absolute Gasteiger partial charge is 0.213 e. The van der Waals surface area contributed by atoms with E-state index in [0.29, 0.717) is 6.54 Å².